The van der Waals surface area contributed by atoms with Crippen LogP contribution >= 0.6 is 0 Å². The van der Waals surface area contributed by atoms with E-state index in [1.54, 1.807) is 31.1 Å². The molecule has 0 aliphatic rings. The summed E-state index contributed by atoms with van der Waals surface area (Å²) in [6.07, 6.45) is 2.78. The van der Waals surface area contributed by atoms with Crippen molar-refractivity contribution >= 4 is 11.8 Å². The van der Waals surface area contributed by atoms with Gasteiger partial charge < -0.3 is 10.2 Å². The number of hydrogen-bond donors (Lipinski definition) is 1. The van der Waals surface area contributed by atoms with E-state index in [1.165, 1.54) is 0 Å². The van der Waals surface area contributed by atoms with E-state index in [2.05, 4.69) is 5.32 Å². The molecule has 4 nitrogen and oxygen atoms in total. The van der Waals surface area contributed by atoms with Gasteiger partial charge in [0.1, 0.15) is 0 Å². The average Bonchev–Trinajstić information content (AvgIpc) is 2.46. The molecule has 2 amide bonds. The zero-order chi connectivity index (χ0) is 15.1. The molecule has 0 radical (unpaired) electrons. The summed E-state index contributed by atoms with van der Waals surface area (Å²) in [6.45, 7) is 4.37. The van der Waals surface area contributed by atoms with Crippen LogP contribution in [0.2, 0.25) is 0 Å². The number of likely N-dealkylation sites (N-methyl/N-ethyl adjacent to an activating group) is 1. The third kappa shape index (κ3) is 4.23. The van der Waals surface area contributed by atoms with Gasteiger partial charge in [-0.05, 0) is 31.0 Å². The fraction of sp³-hybridized carbons (Fsp3) is 0.375. The molecule has 1 aromatic carbocycles. The minimum absolute atomic E-state index is 0.0298. The smallest absolute Gasteiger partial charge is 0.251 e. The van der Waals surface area contributed by atoms with E-state index in [0.717, 1.165) is 17.6 Å². The van der Waals surface area contributed by atoms with Crippen molar-refractivity contribution in [3.05, 3.63) is 47.0 Å². The maximum absolute atomic E-state index is 12.1. The summed E-state index contributed by atoms with van der Waals surface area (Å²) < 4.78 is 0. The van der Waals surface area contributed by atoms with Crippen LogP contribution in [-0.2, 0) is 11.3 Å². The molecule has 1 rings (SSSR count). The standard InChI is InChI=1S/C16H22N2O2/c1-5-6-12(2)16(20)18(4)11-13-7-9-14(10-8-13)15(19)17-3/h6-10H,5,11H2,1-4H3,(H,17,19). The third-order valence-corrected chi connectivity index (χ3v) is 3.06. The molecule has 0 bridgehead atoms. The Labute approximate surface area is 120 Å². The summed E-state index contributed by atoms with van der Waals surface area (Å²) in [5.41, 5.74) is 2.38. The molecule has 1 aromatic rings. The van der Waals surface area contributed by atoms with Gasteiger partial charge >= 0.3 is 0 Å². The monoisotopic (exact) mass is 274 g/mol. The molecule has 0 atom stereocenters. The van der Waals surface area contributed by atoms with Crippen molar-refractivity contribution in [2.75, 3.05) is 14.1 Å². The van der Waals surface area contributed by atoms with Gasteiger partial charge in [-0.25, -0.2) is 0 Å². The second kappa shape index (κ2) is 7.48. The molecule has 0 aromatic heterocycles. The Hall–Kier alpha value is -2.10. The quantitative estimate of drug-likeness (QED) is 0.838. The summed E-state index contributed by atoms with van der Waals surface area (Å²) in [6, 6.07) is 7.27. The third-order valence-electron chi connectivity index (χ3n) is 3.06. The molecule has 0 spiro atoms. The van der Waals surface area contributed by atoms with Crippen molar-refractivity contribution in [2.24, 2.45) is 0 Å². The lowest BCUT2D eigenvalue weighted by Gasteiger charge is -2.17. The van der Waals surface area contributed by atoms with Gasteiger partial charge in [-0.1, -0.05) is 25.1 Å². The second-order valence-electron chi connectivity index (χ2n) is 4.73. The van der Waals surface area contributed by atoms with E-state index < -0.39 is 0 Å². The fourth-order valence-electron chi connectivity index (χ4n) is 1.95. The van der Waals surface area contributed by atoms with Gasteiger partial charge in [0.15, 0.2) is 0 Å². The summed E-state index contributed by atoms with van der Waals surface area (Å²) in [7, 11) is 3.38. The van der Waals surface area contributed by atoms with Crippen LogP contribution in [0.25, 0.3) is 0 Å². The van der Waals surface area contributed by atoms with Crippen LogP contribution < -0.4 is 5.32 Å². The van der Waals surface area contributed by atoms with E-state index in [4.69, 9.17) is 0 Å². The number of carbonyl (C=O) groups excluding carboxylic acids is 2. The first-order chi connectivity index (χ1) is 9.49. The molecule has 1 N–H and O–H groups in total. The Balaban J connectivity index is 2.71. The van der Waals surface area contributed by atoms with Crippen LogP contribution in [0, 0.1) is 0 Å². The van der Waals surface area contributed by atoms with Gasteiger partial charge in [-0.3, -0.25) is 9.59 Å². The van der Waals surface area contributed by atoms with Gasteiger partial charge in [-0.2, -0.15) is 0 Å². The summed E-state index contributed by atoms with van der Waals surface area (Å²) in [5.74, 6) is -0.0788. The molecule has 0 unspecified atom stereocenters. The number of rotatable bonds is 5. The number of nitrogens with zero attached hydrogens (tertiary/aromatic N) is 1. The number of hydrogen-bond acceptors (Lipinski definition) is 2. The zero-order valence-electron chi connectivity index (χ0n) is 12.6. The Bertz CT molecular complexity index is 504. The first-order valence-corrected chi connectivity index (χ1v) is 6.72. The molecule has 0 saturated heterocycles. The number of carbonyl (C=O) groups is 2. The van der Waals surface area contributed by atoms with Crippen LogP contribution in [0.15, 0.2) is 35.9 Å². The normalized spacial score (nSPS) is 11.1. The zero-order valence-corrected chi connectivity index (χ0v) is 12.6. The number of nitrogens with one attached hydrogen (secondary N) is 1. The Kier molecular flexibility index (Phi) is 5.97. The molecule has 108 valence electrons. The van der Waals surface area contributed by atoms with Crippen molar-refractivity contribution in [3.63, 3.8) is 0 Å². The van der Waals surface area contributed by atoms with E-state index in [1.807, 2.05) is 32.1 Å². The van der Waals surface area contributed by atoms with Gasteiger partial charge in [0.25, 0.3) is 5.91 Å². The molecular weight excluding hydrogens is 252 g/mol. The van der Waals surface area contributed by atoms with Crippen molar-refractivity contribution in [1.29, 1.82) is 0 Å². The summed E-state index contributed by atoms with van der Waals surface area (Å²) in [5, 5.41) is 2.58. The predicted molar refractivity (Wildman–Crippen MR) is 80.4 cm³/mol. The molecule has 0 aliphatic carbocycles. The number of benzene rings is 1. The maximum Gasteiger partial charge on any atom is 0.251 e. The van der Waals surface area contributed by atoms with Crippen LogP contribution in [-0.4, -0.2) is 30.8 Å². The molecule has 0 heterocycles. The predicted octanol–water partition coefficient (Wildman–Crippen LogP) is 2.36. The highest BCUT2D eigenvalue weighted by atomic mass is 16.2. The minimum atomic E-state index is -0.109. The van der Waals surface area contributed by atoms with Gasteiger partial charge in [0.05, 0.1) is 0 Å². The first kappa shape index (κ1) is 16.0. The highest BCUT2D eigenvalue weighted by Crippen LogP contribution is 2.09. The Morgan fingerprint density at radius 3 is 2.35 bits per heavy atom. The van der Waals surface area contributed by atoms with E-state index in [9.17, 15) is 9.59 Å². The highest BCUT2D eigenvalue weighted by Gasteiger charge is 2.11. The Morgan fingerprint density at radius 1 is 1.25 bits per heavy atom. The van der Waals surface area contributed by atoms with Crippen LogP contribution in [0.5, 0.6) is 0 Å². The maximum atomic E-state index is 12.1. The van der Waals surface area contributed by atoms with Crippen molar-refractivity contribution < 1.29 is 9.59 Å². The van der Waals surface area contributed by atoms with E-state index >= 15 is 0 Å². The van der Waals surface area contributed by atoms with Crippen molar-refractivity contribution in [2.45, 2.75) is 26.8 Å². The molecular formula is C16H22N2O2. The summed E-state index contributed by atoms with van der Waals surface area (Å²) >= 11 is 0. The first-order valence-electron chi connectivity index (χ1n) is 6.72. The van der Waals surface area contributed by atoms with Crippen LogP contribution in [0.4, 0.5) is 0 Å². The molecule has 0 saturated carbocycles. The lowest BCUT2D eigenvalue weighted by atomic mass is 10.1. The molecule has 4 heteroatoms. The van der Waals surface area contributed by atoms with Gasteiger partial charge in [0, 0.05) is 31.8 Å². The number of allylic oxidation sites excluding steroid dienone is 1. The lowest BCUT2D eigenvalue weighted by molar-refractivity contribution is -0.126. The largest absolute Gasteiger partial charge is 0.355 e. The molecule has 20 heavy (non-hydrogen) atoms. The van der Waals surface area contributed by atoms with Gasteiger partial charge in [0.2, 0.25) is 5.91 Å². The van der Waals surface area contributed by atoms with Crippen LogP contribution in [0.3, 0.4) is 0 Å². The Morgan fingerprint density at radius 2 is 1.85 bits per heavy atom. The van der Waals surface area contributed by atoms with Crippen LogP contribution in [0.1, 0.15) is 36.2 Å². The lowest BCUT2D eigenvalue weighted by Crippen LogP contribution is -2.26. The molecule has 0 aliphatic heterocycles. The SMILES string of the molecule is CCC=C(C)C(=O)N(C)Cc1ccc(C(=O)NC)cc1. The van der Waals surface area contributed by atoms with E-state index in [-0.39, 0.29) is 11.8 Å². The van der Waals surface area contributed by atoms with E-state index in [0.29, 0.717) is 12.1 Å². The fourth-order valence-corrected chi connectivity index (χ4v) is 1.95. The second-order valence-corrected chi connectivity index (χ2v) is 4.73. The summed E-state index contributed by atoms with van der Waals surface area (Å²) in [4.78, 5) is 25.2. The molecule has 0 fully saturated rings. The number of amides is 2. The van der Waals surface area contributed by atoms with Crippen molar-refractivity contribution in [1.82, 2.24) is 10.2 Å². The minimum Gasteiger partial charge on any atom is -0.355 e. The van der Waals surface area contributed by atoms with Gasteiger partial charge in [-0.15, -0.1) is 0 Å². The highest BCUT2D eigenvalue weighted by molar-refractivity contribution is 5.94. The van der Waals surface area contributed by atoms with Crippen molar-refractivity contribution in [3.8, 4) is 0 Å². The topological polar surface area (TPSA) is 49.4 Å². The average molecular weight is 274 g/mol.